The average molecular weight is 291 g/mol. The standard InChI is InChI=1S/C16H21NO4/c1-11-7-15(19-2)16(20-3)8-12(11)9-17-13(10-18)14-5-4-6-21-14/h4-8,13,17-18H,9-10H2,1-3H3/t13-/m0/s1. The second kappa shape index (κ2) is 7.15. The van der Waals surface area contributed by atoms with Crippen molar-refractivity contribution < 1.29 is 19.0 Å². The summed E-state index contributed by atoms with van der Waals surface area (Å²) in [4.78, 5) is 0. The molecule has 5 nitrogen and oxygen atoms in total. The van der Waals surface area contributed by atoms with Crippen molar-refractivity contribution in [2.75, 3.05) is 20.8 Å². The van der Waals surface area contributed by atoms with Gasteiger partial charge in [0.25, 0.3) is 0 Å². The number of aryl methyl sites for hydroxylation is 1. The third-order valence-corrected chi connectivity index (χ3v) is 3.45. The molecule has 0 spiro atoms. The number of furan rings is 1. The molecular weight excluding hydrogens is 270 g/mol. The van der Waals surface area contributed by atoms with Gasteiger partial charge in [-0.2, -0.15) is 0 Å². The molecule has 5 heteroatoms. The molecule has 1 heterocycles. The molecule has 114 valence electrons. The number of aliphatic hydroxyl groups excluding tert-OH is 1. The normalized spacial score (nSPS) is 12.2. The van der Waals surface area contributed by atoms with E-state index in [9.17, 15) is 5.11 Å². The first kappa shape index (κ1) is 15.4. The number of hydrogen-bond donors (Lipinski definition) is 2. The minimum absolute atomic E-state index is 0.0279. The zero-order valence-corrected chi connectivity index (χ0v) is 12.6. The van der Waals surface area contributed by atoms with Crippen molar-refractivity contribution in [3.05, 3.63) is 47.4 Å². The van der Waals surface area contributed by atoms with E-state index in [1.54, 1.807) is 26.5 Å². The molecule has 2 N–H and O–H groups in total. The summed E-state index contributed by atoms with van der Waals surface area (Å²) in [7, 11) is 3.23. The van der Waals surface area contributed by atoms with E-state index >= 15 is 0 Å². The van der Waals surface area contributed by atoms with E-state index in [2.05, 4.69) is 5.32 Å². The van der Waals surface area contributed by atoms with Crippen LogP contribution in [0.3, 0.4) is 0 Å². The molecule has 0 amide bonds. The van der Waals surface area contributed by atoms with Crippen LogP contribution in [0.1, 0.15) is 22.9 Å². The quantitative estimate of drug-likeness (QED) is 0.820. The molecule has 0 aliphatic heterocycles. The summed E-state index contributed by atoms with van der Waals surface area (Å²) in [5, 5.41) is 12.7. The van der Waals surface area contributed by atoms with Crippen LogP contribution in [0.2, 0.25) is 0 Å². The summed E-state index contributed by atoms with van der Waals surface area (Å²) in [6, 6.07) is 7.30. The minimum atomic E-state index is -0.229. The van der Waals surface area contributed by atoms with Crippen LogP contribution in [0.5, 0.6) is 11.5 Å². The fourth-order valence-corrected chi connectivity index (χ4v) is 2.19. The fourth-order valence-electron chi connectivity index (χ4n) is 2.19. The molecule has 0 aliphatic rings. The van der Waals surface area contributed by atoms with Crippen LogP contribution in [0.15, 0.2) is 34.9 Å². The highest BCUT2D eigenvalue weighted by atomic mass is 16.5. The largest absolute Gasteiger partial charge is 0.493 e. The van der Waals surface area contributed by atoms with E-state index < -0.39 is 0 Å². The Kier molecular flexibility index (Phi) is 5.25. The highest BCUT2D eigenvalue weighted by Gasteiger charge is 2.14. The van der Waals surface area contributed by atoms with E-state index in [4.69, 9.17) is 13.9 Å². The maximum atomic E-state index is 9.46. The van der Waals surface area contributed by atoms with Crippen LogP contribution in [0.25, 0.3) is 0 Å². The molecular formula is C16H21NO4. The molecule has 21 heavy (non-hydrogen) atoms. The summed E-state index contributed by atoms with van der Waals surface area (Å²) in [5.41, 5.74) is 2.17. The van der Waals surface area contributed by atoms with E-state index in [0.29, 0.717) is 18.0 Å². The lowest BCUT2D eigenvalue weighted by Crippen LogP contribution is -2.24. The van der Waals surface area contributed by atoms with Crippen molar-refractivity contribution >= 4 is 0 Å². The van der Waals surface area contributed by atoms with E-state index in [1.807, 2.05) is 25.1 Å². The van der Waals surface area contributed by atoms with Gasteiger partial charge >= 0.3 is 0 Å². The minimum Gasteiger partial charge on any atom is -0.493 e. The Balaban J connectivity index is 2.12. The lowest BCUT2D eigenvalue weighted by Gasteiger charge is -2.17. The zero-order chi connectivity index (χ0) is 15.2. The predicted molar refractivity (Wildman–Crippen MR) is 79.7 cm³/mol. The predicted octanol–water partition coefficient (Wildman–Crippen LogP) is 2.43. The van der Waals surface area contributed by atoms with Crippen LogP contribution in [0.4, 0.5) is 0 Å². The Morgan fingerprint density at radius 3 is 2.52 bits per heavy atom. The van der Waals surface area contributed by atoms with E-state index in [1.165, 1.54) is 0 Å². The Hall–Kier alpha value is -1.98. The smallest absolute Gasteiger partial charge is 0.161 e. The van der Waals surface area contributed by atoms with Crippen molar-refractivity contribution in [3.8, 4) is 11.5 Å². The first-order chi connectivity index (χ1) is 10.2. The number of ether oxygens (including phenoxy) is 2. The van der Waals surface area contributed by atoms with Crippen LogP contribution >= 0.6 is 0 Å². The third kappa shape index (κ3) is 3.56. The van der Waals surface area contributed by atoms with Crippen molar-refractivity contribution in [1.29, 1.82) is 0 Å². The van der Waals surface area contributed by atoms with Gasteiger partial charge in [0, 0.05) is 6.54 Å². The molecule has 1 atom stereocenters. The Morgan fingerprint density at radius 2 is 1.95 bits per heavy atom. The van der Waals surface area contributed by atoms with Gasteiger partial charge < -0.3 is 24.3 Å². The van der Waals surface area contributed by atoms with Crippen LogP contribution in [-0.2, 0) is 6.54 Å². The number of rotatable bonds is 7. The van der Waals surface area contributed by atoms with Crippen molar-refractivity contribution in [3.63, 3.8) is 0 Å². The van der Waals surface area contributed by atoms with Crippen LogP contribution < -0.4 is 14.8 Å². The van der Waals surface area contributed by atoms with Crippen molar-refractivity contribution in [1.82, 2.24) is 5.32 Å². The topological polar surface area (TPSA) is 63.9 Å². The summed E-state index contributed by atoms with van der Waals surface area (Å²) < 4.78 is 15.9. The Morgan fingerprint density at radius 1 is 1.24 bits per heavy atom. The molecule has 2 rings (SSSR count). The van der Waals surface area contributed by atoms with Gasteiger partial charge in [0.1, 0.15) is 5.76 Å². The maximum Gasteiger partial charge on any atom is 0.161 e. The molecule has 0 radical (unpaired) electrons. The molecule has 1 aromatic heterocycles. The van der Waals surface area contributed by atoms with E-state index in [-0.39, 0.29) is 12.6 Å². The van der Waals surface area contributed by atoms with Gasteiger partial charge in [0.15, 0.2) is 11.5 Å². The molecule has 2 aromatic rings. The first-order valence-corrected chi connectivity index (χ1v) is 6.78. The molecule has 0 aliphatic carbocycles. The van der Waals surface area contributed by atoms with Gasteiger partial charge in [0.2, 0.25) is 0 Å². The molecule has 1 aromatic carbocycles. The van der Waals surface area contributed by atoms with Crippen molar-refractivity contribution in [2.24, 2.45) is 0 Å². The fraction of sp³-hybridized carbons (Fsp3) is 0.375. The molecule has 0 bridgehead atoms. The molecule has 0 saturated carbocycles. The molecule has 0 fully saturated rings. The monoisotopic (exact) mass is 291 g/mol. The number of nitrogens with one attached hydrogen (secondary N) is 1. The molecule has 0 unspecified atom stereocenters. The lowest BCUT2D eigenvalue weighted by atomic mass is 10.1. The highest BCUT2D eigenvalue weighted by Crippen LogP contribution is 2.30. The highest BCUT2D eigenvalue weighted by molar-refractivity contribution is 5.47. The second-order valence-electron chi connectivity index (χ2n) is 4.77. The van der Waals surface area contributed by atoms with Crippen molar-refractivity contribution in [2.45, 2.75) is 19.5 Å². The van der Waals surface area contributed by atoms with Gasteiger partial charge in [-0.05, 0) is 42.3 Å². The van der Waals surface area contributed by atoms with E-state index in [0.717, 1.165) is 16.9 Å². The lowest BCUT2D eigenvalue weighted by molar-refractivity contribution is 0.225. The Bertz CT molecular complexity index is 566. The van der Waals surface area contributed by atoms with Crippen LogP contribution in [0, 0.1) is 6.92 Å². The second-order valence-corrected chi connectivity index (χ2v) is 4.77. The SMILES string of the molecule is COc1cc(C)c(CN[C@@H](CO)c2ccco2)cc1OC. The Labute approximate surface area is 124 Å². The molecule has 0 saturated heterocycles. The van der Waals surface area contributed by atoms with Crippen LogP contribution in [-0.4, -0.2) is 25.9 Å². The number of aliphatic hydroxyl groups is 1. The summed E-state index contributed by atoms with van der Waals surface area (Å²) in [6.45, 7) is 2.58. The van der Waals surface area contributed by atoms with Gasteiger partial charge in [-0.15, -0.1) is 0 Å². The number of methoxy groups -OCH3 is 2. The number of benzene rings is 1. The van der Waals surface area contributed by atoms with Gasteiger partial charge in [0.05, 0.1) is 33.1 Å². The average Bonchev–Trinajstić information content (AvgIpc) is 3.03. The summed E-state index contributed by atoms with van der Waals surface area (Å²) in [5.74, 6) is 2.12. The maximum absolute atomic E-state index is 9.46. The first-order valence-electron chi connectivity index (χ1n) is 6.78. The van der Waals surface area contributed by atoms with Gasteiger partial charge in [-0.25, -0.2) is 0 Å². The number of hydrogen-bond acceptors (Lipinski definition) is 5. The van der Waals surface area contributed by atoms with Gasteiger partial charge in [-0.3, -0.25) is 0 Å². The zero-order valence-electron chi connectivity index (χ0n) is 12.6. The third-order valence-electron chi connectivity index (χ3n) is 3.45. The summed E-state index contributed by atoms with van der Waals surface area (Å²) in [6.07, 6.45) is 1.60. The summed E-state index contributed by atoms with van der Waals surface area (Å²) >= 11 is 0. The van der Waals surface area contributed by atoms with Gasteiger partial charge in [-0.1, -0.05) is 0 Å².